The summed E-state index contributed by atoms with van der Waals surface area (Å²) in [6.07, 6.45) is -1.10. The van der Waals surface area contributed by atoms with Crippen LogP contribution in [0.15, 0.2) is 30.3 Å². The Morgan fingerprint density at radius 3 is 2.79 bits per heavy atom. The average Bonchev–Trinajstić information content (AvgIpc) is 3.14. The van der Waals surface area contributed by atoms with Crippen molar-refractivity contribution >= 4 is 28.7 Å². The van der Waals surface area contributed by atoms with Gasteiger partial charge in [-0.2, -0.15) is 0 Å². The second-order valence-electron chi connectivity index (χ2n) is 6.77. The summed E-state index contributed by atoms with van der Waals surface area (Å²) in [4.78, 5) is 14.3. The summed E-state index contributed by atoms with van der Waals surface area (Å²) in [6.45, 7) is 4.57. The van der Waals surface area contributed by atoms with Crippen LogP contribution in [0.3, 0.4) is 0 Å². The SMILES string of the molecule is CC1(C)OC2OC3C(I)CN(C(=O)OCc4ccccc4)C3C2O1. The molecule has 24 heavy (non-hydrogen) atoms. The summed E-state index contributed by atoms with van der Waals surface area (Å²) in [5.41, 5.74) is 0.967. The molecule has 0 saturated carbocycles. The minimum Gasteiger partial charge on any atom is -0.445 e. The molecular formula is C17H20INO5. The van der Waals surface area contributed by atoms with Gasteiger partial charge in [0.25, 0.3) is 0 Å². The minimum absolute atomic E-state index is 0.0824. The lowest BCUT2D eigenvalue weighted by molar-refractivity contribution is -0.205. The van der Waals surface area contributed by atoms with Gasteiger partial charge in [-0.3, -0.25) is 4.90 Å². The second kappa shape index (κ2) is 6.12. The van der Waals surface area contributed by atoms with Crippen molar-refractivity contribution in [3.8, 4) is 0 Å². The first-order chi connectivity index (χ1) is 11.4. The average molecular weight is 445 g/mol. The quantitative estimate of drug-likeness (QED) is 0.518. The highest BCUT2D eigenvalue weighted by Crippen LogP contribution is 2.44. The van der Waals surface area contributed by atoms with E-state index < -0.39 is 12.1 Å². The zero-order valence-electron chi connectivity index (χ0n) is 13.6. The number of carbonyl (C=O) groups is 1. The lowest BCUT2D eigenvalue weighted by Crippen LogP contribution is -2.46. The van der Waals surface area contributed by atoms with E-state index in [4.69, 9.17) is 18.9 Å². The number of ether oxygens (including phenoxy) is 4. The summed E-state index contributed by atoms with van der Waals surface area (Å²) in [7, 11) is 0. The van der Waals surface area contributed by atoms with E-state index in [-0.39, 0.29) is 34.9 Å². The largest absolute Gasteiger partial charge is 0.445 e. The topological polar surface area (TPSA) is 57.2 Å². The molecule has 0 N–H and O–H groups in total. The molecule has 1 aromatic rings. The summed E-state index contributed by atoms with van der Waals surface area (Å²) in [6, 6.07) is 9.50. The zero-order valence-corrected chi connectivity index (χ0v) is 15.7. The van der Waals surface area contributed by atoms with Gasteiger partial charge in [0.1, 0.15) is 12.7 Å². The lowest BCUT2D eigenvalue weighted by atomic mass is 10.1. The van der Waals surface area contributed by atoms with Crippen LogP contribution >= 0.6 is 22.6 Å². The Morgan fingerprint density at radius 2 is 2.04 bits per heavy atom. The van der Waals surface area contributed by atoms with Gasteiger partial charge in [-0.25, -0.2) is 4.79 Å². The van der Waals surface area contributed by atoms with E-state index >= 15 is 0 Å². The molecule has 3 heterocycles. The van der Waals surface area contributed by atoms with Crippen LogP contribution < -0.4 is 0 Å². The number of rotatable bonds is 2. The van der Waals surface area contributed by atoms with Crippen molar-refractivity contribution in [2.45, 2.75) is 54.7 Å². The van der Waals surface area contributed by atoms with Crippen molar-refractivity contribution in [1.82, 2.24) is 4.90 Å². The fourth-order valence-corrected chi connectivity index (χ4v) is 4.60. The third kappa shape index (κ3) is 2.91. The van der Waals surface area contributed by atoms with Gasteiger partial charge in [-0.05, 0) is 19.4 Å². The van der Waals surface area contributed by atoms with Crippen LogP contribution in [-0.2, 0) is 25.6 Å². The van der Waals surface area contributed by atoms with Crippen molar-refractivity contribution in [3.63, 3.8) is 0 Å². The number of halogens is 1. The van der Waals surface area contributed by atoms with Crippen LogP contribution in [-0.4, -0.2) is 51.8 Å². The number of amides is 1. The van der Waals surface area contributed by atoms with E-state index in [0.717, 1.165) is 5.56 Å². The van der Waals surface area contributed by atoms with Crippen LogP contribution in [0.25, 0.3) is 0 Å². The molecule has 7 heteroatoms. The van der Waals surface area contributed by atoms with Gasteiger partial charge >= 0.3 is 6.09 Å². The van der Waals surface area contributed by atoms with Crippen LogP contribution in [0.4, 0.5) is 4.79 Å². The van der Waals surface area contributed by atoms with Gasteiger partial charge in [0.2, 0.25) is 0 Å². The van der Waals surface area contributed by atoms with E-state index in [1.54, 1.807) is 4.90 Å². The molecule has 3 fully saturated rings. The fourth-order valence-electron chi connectivity index (χ4n) is 3.58. The number of alkyl halides is 1. The van der Waals surface area contributed by atoms with E-state index in [1.165, 1.54) is 0 Å². The monoisotopic (exact) mass is 445 g/mol. The summed E-state index contributed by atoms with van der Waals surface area (Å²) in [5.74, 6) is -0.691. The van der Waals surface area contributed by atoms with Gasteiger partial charge < -0.3 is 18.9 Å². The van der Waals surface area contributed by atoms with Gasteiger partial charge in [0, 0.05) is 6.54 Å². The van der Waals surface area contributed by atoms with Gasteiger partial charge in [0.15, 0.2) is 12.1 Å². The van der Waals surface area contributed by atoms with Crippen LogP contribution in [0, 0.1) is 0 Å². The molecular weight excluding hydrogens is 425 g/mol. The third-order valence-corrected chi connectivity index (χ3v) is 5.68. The molecule has 0 aliphatic carbocycles. The summed E-state index contributed by atoms with van der Waals surface area (Å²) in [5, 5.41) is 0. The summed E-state index contributed by atoms with van der Waals surface area (Å²) < 4.78 is 23.5. The lowest BCUT2D eigenvalue weighted by Gasteiger charge is -2.27. The normalized spacial score (nSPS) is 36.5. The van der Waals surface area contributed by atoms with Crippen molar-refractivity contribution in [1.29, 1.82) is 0 Å². The molecule has 3 saturated heterocycles. The molecule has 3 aliphatic rings. The second-order valence-corrected chi connectivity index (χ2v) is 8.37. The maximum atomic E-state index is 12.6. The first-order valence-corrected chi connectivity index (χ1v) is 9.32. The number of hydrogen-bond acceptors (Lipinski definition) is 5. The molecule has 1 amide bonds. The third-order valence-electron chi connectivity index (χ3n) is 4.58. The summed E-state index contributed by atoms with van der Waals surface area (Å²) >= 11 is 2.32. The molecule has 0 aromatic heterocycles. The Kier molecular flexibility index (Phi) is 4.22. The van der Waals surface area contributed by atoms with E-state index in [9.17, 15) is 4.79 Å². The maximum absolute atomic E-state index is 12.6. The molecule has 0 radical (unpaired) electrons. The molecule has 4 rings (SSSR count). The number of likely N-dealkylation sites (tertiary alicyclic amines) is 1. The highest BCUT2D eigenvalue weighted by atomic mass is 127. The molecule has 3 aliphatic heterocycles. The fraction of sp³-hybridized carbons (Fsp3) is 0.588. The Balaban J connectivity index is 1.46. The highest BCUT2D eigenvalue weighted by molar-refractivity contribution is 14.1. The standard InChI is InChI=1S/C17H20INO5/c1-17(2)23-14-12-13(22-15(14)24-17)11(18)8-19(12)16(20)21-9-10-6-4-3-5-7-10/h3-7,11-15H,8-9H2,1-2H3. The van der Waals surface area contributed by atoms with Crippen molar-refractivity contribution in [2.24, 2.45) is 0 Å². The van der Waals surface area contributed by atoms with E-state index in [1.807, 2.05) is 44.2 Å². The first kappa shape index (κ1) is 16.6. The molecule has 0 bridgehead atoms. The smallest absolute Gasteiger partial charge is 0.410 e. The van der Waals surface area contributed by atoms with Gasteiger partial charge in [-0.15, -0.1) is 0 Å². The van der Waals surface area contributed by atoms with Crippen LogP contribution in [0.5, 0.6) is 0 Å². The number of hydrogen-bond donors (Lipinski definition) is 0. The van der Waals surface area contributed by atoms with Crippen LogP contribution in [0.1, 0.15) is 19.4 Å². The number of carbonyl (C=O) groups excluding carboxylic acids is 1. The zero-order chi connectivity index (χ0) is 16.9. The first-order valence-electron chi connectivity index (χ1n) is 8.07. The van der Waals surface area contributed by atoms with Gasteiger partial charge in [-0.1, -0.05) is 52.9 Å². The Morgan fingerprint density at radius 1 is 1.29 bits per heavy atom. The maximum Gasteiger partial charge on any atom is 0.410 e. The van der Waals surface area contributed by atoms with Gasteiger partial charge in [0.05, 0.1) is 16.1 Å². The van der Waals surface area contributed by atoms with Crippen LogP contribution in [0.2, 0.25) is 0 Å². The molecule has 130 valence electrons. The minimum atomic E-state index is -0.691. The number of fused-ring (bicyclic) bond motifs is 3. The Hall–Kier alpha value is -0.900. The molecule has 6 nitrogen and oxygen atoms in total. The highest BCUT2D eigenvalue weighted by Gasteiger charge is 2.62. The molecule has 5 unspecified atom stereocenters. The number of benzene rings is 1. The Bertz CT molecular complexity index is 625. The Labute approximate surface area is 154 Å². The van der Waals surface area contributed by atoms with Crippen molar-refractivity contribution < 1.29 is 23.7 Å². The molecule has 1 aromatic carbocycles. The predicted octanol–water partition coefficient (Wildman–Crippen LogP) is 2.69. The van der Waals surface area contributed by atoms with Crippen molar-refractivity contribution in [3.05, 3.63) is 35.9 Å². The van der Waals surface area contributed by atoms with Crippen molar-refractivity contribution in [2.75, 3.05) is 6.54 Å². The van der Waals surface area contributed by atoms with E-state index in [0.29, 0.717) is 6.54 Å². The predicted molar refractivity (Wildman–Crippen MR) is 93.6 cm³/mol. The molecule has 5 atom stereocenters. The number of nitrogens with zero attached hydrogens (tertiary/aromatic N) is 1. The van der Waals surface area contributed by atoms with E-state index in [2.05, 4.69) is 22.6 Å². The molecule has 0 spiro atoms.